The molecular weight excluding hydrogens is 242 g/mol. The minimum Gasteiger partial charge on any atom is -0.394 e. The fourth-order valence-electron chi connectivity index (χ4n) is 1.32. The van der Waals surface area contributed by atoms with Crippen LogP contribution in [-0.4, -0.2) is 45.8 Å². The van der Waals surface area contributed by atoms with E-state index in [4.69, 9.17) is 16.7 Å². The lowest BCUT2D eigenvalue weighted by Gasteiger charge is -2.19. The maximum Gasteiger partial charge on any atom is 0.231 e. The number of rotatable bonds is 6. The van der Waals surface area contributed by atoms with E-state index in [1.54, 1.807) is 0 Å². The number of aliphatic hydroxyl groups excluding tert-OH is 1. The molecule has 6 nitrogen and oxygen atoms in total. The number of hydrogen-bond donors (Lipinski definition) is 2. The topological polar surface area (TPSA) is 74.2 Å². The third kappa shape index (κ3) is 3.98. The first-order chi connectivity index (χ1) is 8.10. The first-order valence-electron chi connectivity index (χ1n) is 5.64. The van der Waals surface area contributed by atoms with E-state index in [1.807, 2.05) is 25.7 Å². The van der Waals surface area contributed by atoms with Crippen LogP contribution in [0.15, 0.2) is 0 Å². The molecular formula is C10H18ClN5O. The zero-order chi connectivity index (χ0) is 12.8. The second-order valence-corrected chi connectivity index (χ2v) is 3.97. The lowest BCUT2D eigenvalue weighted by molar-refractivity contribution is 0.281. The van der Waals surface area contributed by atoms with E-state index in [0.29, 0.717) is 11.9 Å². The van der Waals surface area contributed by atoms with Crippen LogP contribution < -0.4 is 10.2 Å². The molecule has 0 saturated heterocycles. The van der Waals surface area contributed by atoms with Crippen LogP contribution in [0.4, 0.5) is 11.9 Å². The number of nitrogens with zero attached hydrogens (tertiary/aromatic N) is 4. The van der Waals surface area contributed by atoms with Crippen molar-refractivity contribution in [3.8, 4) is 0 Å². The molecule has 1 unspecified atom stereocenters. The molecule has 96 valence electrons. The molecule has 1 rings (SSSR count). The second-order valence-electron chi connectivity index (χ2n) is 3.63. The maximum atomic E-state index is 8.96. The number of hydrogen-bond acceptors (Lipinski definition) is 6. The molecule has 0 bridgehead atoms. The van der Waals surface area contributed by atoms with Gasteiger partial charge in [-0.3, -0.25) is 0 Å². The van der Waals surface area contributed by atoms with Gasteiger partial charge >= 0.3 is 0 Å². The molecule has 0 saturated carbocycles. The van der Waals surface area contributed by atoms with Crippen molar-refractivity contribution in [2.75, 3.05) is 29.9 Å². The SMILES string of the molecule is CCN(CC)c1nc(Cl)nc(NC(C)CO)n1. The summed E-state index contributed by atoms with van der Waals surface area (Å²) < 4.78 is 0. The minimum absolute atomic E-state index is 0.00387. The van der Waals surface area contributed by atoms with Gasteiger partial charge in [0, 0.05) is 19.1 Å². The van der Waals surface area contributed by atoms with E-state index in [9.17, 15) is 0 Å². The number of aromatic nitrogens is 3. The largest absolute Gasteiger partial charge is 0.394 e. The van der Waals surface area contributed by atoms with Gasteiger partial charge in [-0.25, -0.2) is 0 Å². The van der Waals surface area contributed by atoms with Crippen molar-refractivity contribution < 1.29 is 5.11 Å². The second kappa shape index (κ2) is 6.56. The van der Waals surface area contributed by atoms with Crippen molar-refractivity contribution in [1.82, 2.24) is 15.0 Å². The van der Waals surface area contributed by atoms with Crippen LogP contribution in [0.2, 0.25) is 5.28 Å². The number of anilines is 2. The third-order valence-electron chi connectivity index (χ3n) is 2.29. The number of aliphatic hydroxyl groups is 1. The van der Waals surface area contributed by atoms with E-state index >= 15 is 0 Å². The van der Waals surface area contributed by atoms with Crippen molar-refractivity contribution in [3.05, 3.63) is 5.28 Å². The summed E-state index contributed by atoms with van der Waals surface area (Å²) in [6.07, 6.45) is 0. The smallest absolute Gasteiger partial charge is 0.231 e. The van der Waals surface area contributed by atoms with Crippen LogP contribution in [0.3, 0.4) is 0 Å². The van der Waals surface area contributed by atoms with Gasteiger partial charge in [-0.15, -0.1) is 0 Å². The molecule has 17 heavy (non-hydrogen) atoms. The summed E-state index contributed by atoms with van der Waals surface area (Å²) in [6.45, 7) is 7.46. The fraction of sp³-hybridized carbons (Fsp3) is 0.700. The quantitative estimate of drug-likeness (QED) is 0.799. The Morgan fingerprint density at radius 2 is 1.94 bits per heavy atom. The van der Waals surface area contributed by atoms with Gasteiger partial charge < -0.3 is 15.3 Å². The van der Waals surface area contributed by atoms with Gasteiger partial charge in [0.1, 0.15) is 0 Å². The predicted octanol–water partition coefficient (Wildman–Crippen LogP) is 1.16. The van der Waals surface area contributed by atoms with Gasteiger partial charge in [-0.1, -0.05) is 0 Å². The van der Waals surface area contributed by atoms with Crippen molar-refractivity contribution in [2.24, 2.45) is 0 Å². The molecule has 0 aliphatic carbocycles. The van der Waals surface area contributed by atoms with E-state index in [-0.39, 0.29) is 17.9 Å². The van der Waals surface area contributed by atoms with Crippen molar-refractivity contribution >= 4 is 23.5 Å². The first-order valence-corrected chi connectivity index (χ1v) is 6.02. The van der Waals surface area contributed by atoms with Crippen molar-refractivity contribution in [3.63, 3.8) is 0 Å². The Hall–Kier alpha value is -1.14. The number of halogens is 1. The van der Waals surface area contributed by atoms with Crippen LogP contribution in [0.1, 0.15) is 20.8 Å². The molecule has 0 aliphatic heterocycles. The van der Waals surface area contributed by atoms with Crippen molar-refractivity contribution in [2.45, 2.75) is 26.8 Å². The van der Waals surface area contributed by atoms with Gasteiger partial charge in [-0.2, -0.15) is 15.0 Å². The Morgan fingerprint density at radius 1 is 1.29 bits per heavy atom. The average molecular weight is 260 g/mol. The maximum absolute atomic E-state index is 8.96. The lowest BCUT2D eigenvalue weighted by atomic mass is 10.4. The molecule has 0 aliphatic rings. The normalized spacial score (nSPS) is 12.3. The van der Waals surface area contributed by atoms with Gasteiger partial charge in [0.15, 0.2) is 0 Å². The zero-order valence-corrected chi connectivity index (χ0v) is 11.1. The van der Waals surface area contributed by atoms with Crippen LogP contribution in [0.25, 0.3) is 0 Å². The summed E-state index contributed by atoms with van der Waals surface area (Å²) in [5, 5.41) is 12.1. The molecule has 0 spiro atoms. The fourth-order valence-corrected chi connectivity index (χ4v) is 1.47. The Kier molecular flexibility index (Phi) is 5.37. The molecule has 2 N–H and O–H groups in total. The van der Waals surface area contributed by atoms with E-state index in [1.165, 1.54) is 0 Å². The molecule has 0 aromatic carbocycles. The van der Waals surface area contributed by atoms with E-state index in [0.717, 1.165) is 13.1 Å². The van der Waals surface area contributed by atoms with Crippen LogP contribution in [-0.2, 0) is 0 Å². The van der Waals surface area contributed by atoms with Crippen LogP contribution >= 0.6 is 11.6 Å². The van der Waals surface area contributed by atoms with Gasteiger partial charge in [0.2, 0.25) is 17.2 Å². The number of nitrogens with one attached hydrogen (secondary N) is 1. The molecule has 1 aromatic heterocycles. The van der Waals surface area contributed by atoms with Crippen LogP contribution in [0.5, 0.6) is 0 Å². The third-order valence-corrected chi connectivity index (χ3v) is 2.46. The Bertz CT molecular complexity index is 359. The molecule has 0 amide bonds. The Labute approximate surface area is 106 Å². The van der Waals surface area contributed by atoms with Gasteiger partial charge in [0.25, 0.3) is 0 Å². The molecule has 0 radical (unpaired) electrons. The molecule has 1 atom stereocenters. The van der Waals surface area contributed by atoms with Crippen molar-refractivity contribution in [1.29, 1.82) is 0 Å². The van der Waals surface area contributed by atoms with Gasteiger partial charge in [-0.05, 0) is 32.4 Å². The molecule has 1 heterocycles. The Balaban J connectivity index is 2.93. The summed E-state index contributed by atoms with van der Waals surface area (Å²) in [5.74, 6) is 0.927. The highest BCUT2D eigenvalue weighted by Gasteiger charge is 2.11. The average Bonchev–Trinajstić information content (AvgIpc) is 2.29. The zero-order valence-electron chi connectivity index (χ0n) is 10.3. The van der Waals surface area contributed by atoms with E-state index < -0.39 is 0 Å². The molecule has 7 heteroatoms. The molecule has 1 aromatic rings. The minimum atomic E-state index is -0.127. The first kappa shape index (κ1) is 13.9. The molecule has 0 fully saturated rings. The summed E-state index contributed by atoms with van der Waals surface area (Å²) in [6, 6.07) is -0.127. The highest BCUT2D eigenvalue weighted by Crippen LogP contribution is 2.13. The van der Waals surface area contributed by atoms with Crippen LogP contribution in [0, 0.1) is 0 Å². The van der Waals surface area contributed by atoms with Gasteiger partial charge in [0.05, 0.1) is 6.61 Å². The summed E-state index contributed by atoms with van der Waals surface area (Å²) in [5.41, 5.74) is 0. The van der Waals surface area contributed by atoms with E-state index in [2.05, 4.69) is 20.3 Å². The Morgan fingerprint density at radius 3 is 2.47 bits per heavy atom. The lowest BCUT2D eigenvalue weighted by Crippen LogP contribution is -2.26. The summed E-state index contributed by atoms with van der Waals surface area (Å²) in [4.78, 5) is 14.3. The monoisotopic (exact) mass is 259 g/mol. The summed E-state index contributed by atoms with van der Waals surface area (Å²) >= 11 is 5.84. The highest BCUT2D eigenvalue weighted by atomic mass is 35.5. The standard InChI is InChI=1S/C10H18ClN5O/c1-4-16(5-2)10-14-8(11)13-9(15-10)12-7(3)6-17/h7,17H,4-6H2,1-3H3,(H,12,13,14,15). The predicted molar refractivity (Wildman–Crippen MR) is 68.6 cm³/mol. The highest BCUT2D eigenvalue weighted by molar-refractivity contribution is 6.28. The summed E-state index contributed by atoms with van der Waals surface area (Å²) in [7, 11) is 0.